The van der Waals surface area contributed by atoms with Crippen LogP contribution in [0.5, 0.6) is 0 Å². The first-order chi connectivity index (χ1) is 9.86. The molecule has 0 saturated heterocycles. The molecule has 2 aromatic rings. The highest BCUT2D eigenvalue weighted by molar-refractivity contribution is 5.80. The van der Waals surface area contributed by atoms with Crippen LogP contribution in [0.3, 0.4) is 0 Å². The van der Waals surface area contributed by atoms with Crippen molar-refractivity contribution in [1.29, 1.82) is 0 Å². The van der Waals surface area contributed by atoms with E-state index in [1.807, 2.05) is 18.2 Å². The van der Waals surface area contributed by atoms with Gasteiger partial charge < -0.3 is 4.42 Å². The number of rotatable bonds is 3. The van der Waals surface area contributed by atoms with Gasteiger partial charge in [-0.25, -0.2) is 9.37 Å². The van der Waals surface area contributed by atoms with E-state index in [4.69, 9.17) is 4.42 Å². The first-order valence-electron chi connectivity index (χ1n) is 6.93. The highest BCUT2D eigenvalue weighted by Crippen LogP contribution is 2.30. The second kappa shape index (κ2) is 5.68. The minimum atomic E-state index is -0.377. The molecule has 0 aliphatic carbocycles. The maximum atomic E-state index is 13.9. The lowest BCUT2D eigenvalue weighted by molar-refractivity contribution is 0.573. The van der Waals surface area contributed by atoms with E-state index >= 15 is 0 Å². The van der Waals surface area contributed by atoms with Crippen LogP contribution in [-0.4, -0.2) is 4.98 Å². The van der Waals surface area contributed by atoms with Gasteiger partial charge in [0, 0.05) is 0 Å². The summed E-state index contributed by atoms with van der Waals surface area (Å²) in [5, 5.41) is 0. The lowest BCUT2D eigenvalue weighted by Crippen LogP contribution is -2.10. The zero-order valence-corrected chi connectivity index (χ0v) is 12.9. The monoisotopic (exact) mass is 285 g/mol. The summed E-state index contributed by atoms with van der Waals surface area (Å²) >= 11 is 0. The summed E-state index contributed by atoms with van der Waals surface area (Å²) in [4.78, 5) is 4.41. The van der Waals surface area contributed by atoms with Gasteiger partial charge in [-0.15, -0.1) is 0 Å². The largest absolute Gasteiger partial charge is 0.436 e. The second-order valence-electron chi connectivity index (χ2n) is 5.90. The Bertz CT molecular complexity index is 729. The van der Waals surface area contributed by atoms with Crippen molar-refractivity contribution in [3.05, 3.63) is 60.3 Å². The van der Waals surface area contributed by atoms with Crippen molar-refractivity contribution in [1.82, 2.24) is 4.98 Å². The fourth-order valence-corrected chi connectivity index (χ4v) is 2.04. The Hall–Kier alpha value is -2.16. The molecule has 0 bridgehead atoms. The van der Waals surface area contributed by atoms with Crippen molar-refractivity contribution in [3.8, 4) is 0 Å². The van der Waals surface area contributed by atoms with E-state index in [2.05, 4.69) is 32.3 Å². The summed E-state index contributed by atoms with van der Waals surface area (Å²) in [5.74, 6) is -0.107. The molecule has 0 saturated carbocycles. The van der Waals surface area contributed by atoms with Crippen LogP contribution < -0.4 is 0 Å². The average molecular weight is 285 g/mol. The Morgan fingerprint density at radius 2 is 2.05 bits per heavy atom. The Balaban J connectivity index is 2.57. The van der Waals surface area contributed by atoms with Crippen molar-refractivity contribution >= 4 is 16.7 Å². The number of fused-ring (bicyclic) bond motifs is 1. The lowest BCUT2D eigenvalue weighted by atomic mass is 9.87. The van der Waals surface area contributed by atoms with Crippen molar-refractivity contribution in [2.24, 2.45) is 0 Å². The topological polar surface area (TPSA) is 26.0 Å². The molecule has 0 fully saturated rings. The molecular formula is C18H20FNO. The number of benzene rings is 1. The van der Waals surface area contributed by atoms with Crippen molar-refractivity contribution in [3.63, 3.8) is 0 Å². The molecule has 2 rings (SSSR count). The van der Waals surface area contributed by atoms with Crippen molar-refractivity contribution in [2.45, 2.75) is 33.1 Å². The summed E-state index contributed by atoms with van der Waals surface area (Å²) in [6.07, 6.45) is 4.46. The molecule has 0 radical (unpaired) electrons. The first kappa shape index (κ1) is 15.2. The molecule has 110 valence electrons. The SMILES string of the molecule is C=C/C=C(\C(F)=C/C)c1nc2cc(C(C)(C)C)ccc2o1. The number of oxazole rings is 1. The van der Waals surface area contributed by atoms with Crippen LogP contribution in [0.2, 0.25) is 0 Å². The molecule has 0 N–H and O–H groups in total. The number of hydrogen-bond acceptors (Lipinski definition) is 2. The maximum absolute atomic E-state index is 13.9. The Labute approximate surface area is 124 Å². The van der Waals surface area contributed by atoms with Gasteiger partial charge in [0.15, 0.2) is 5.58 Å². The molecule has 0 amide bonds. The molecule has 0 aliphatic rings. The zero-order valence-electron chi connectivity index (χ0n) is 12.9. The first-order valence-corrected chi connectivity index (χ1v) is 6.93. The Morgan fingerprint density at radius 1 is 1.33 bits per heavy atom. The van der Waals surface area contributed by atoms with E-state index in [0.29, 0.717) is 11.2 Å². The lowest BCUT2D eigenvalue weighted by Gasteiger charge is -2.18. The van der Waals surface area contributed by atoms with Gasteiger partial charge >= 0.3 is 0 Å². The van der Waals surface area contributed by atoms with E-state index in [9.17, 15) is 4.39 Å². The third kappa shape index (κ3) is 3.13. The molecule has 0 unspecified atom stereocenters. The quantitative estimate of drug-likeness (QED) is 0.689. The van der Waals surface area contributed by atoms with E-state index in [0.717, 1.165) is 11.1 Å². The predicted octanol–water partition coefficient (Wildman–Crippen LogP) is 5.57. The molecule has 0 spiro atoms. The highest BCUT2D eigenvalue weighted by atomic mass is 19.1. The van der Waals surface area contributed by atoms with E-state index < -0.39 is 0 Å². The fourth-order valence-electron chi connectivity index (χ4n) is 2.04. The molecule has 21 heavy (non-hydrogen) atoms. The van der Waals surface area contributed by atoms with Gasteiger partial charge in [0.05, 0.1) is 5.57 Å². The average Bonchev–Trinajstić information content (AvgIpc) is 2.85. The number of halogens is 1. The maximum Gasteiger partial charge on any atom is 0.230 e. The van der Waals surface area contributed by atoms with Gasteiger partial charge in [-0.2, -0.15) is 0 Å². The number of hydrogen-bond donors (Lipinski definition) is 0. The fraction of sp³-hybridized carbons (Fsp3) is 0.278. The van der Waals surface area contributed by atoms with Crippen LogP contribution in [0.4, 0.5) is 4.39 Å². The van der Waals surface area contributed by atoms with Crippen molar-refractivity contribution in [2.75, 3.05) is 0 Å². The molecule has 0 atom stereocenters. The summed E-state index contributed by atoms with van der Waals surface area (Å²) in [6, 6.07) is 5.88. The number of allylic oxidation sites excluding steroid dienone is 5. The number of nitrogens with zero attached hydrogens (tertiary/aromatic N) is 1. The van der Waals surface area contributed by atoms with E-state index in [-0.39, 0.29) is 17.1 Å². The summed E-state index contributed by atoms with van der Waals surface area (Å²) in [7, 11) is 0. The third-order valence-corrected chi connectivity index (χ3v) is 3.28. The molecule has 1 aromatic carbocycles. The van der Waals surface area contributed by atoms with Crippen LogP contribution in [0.25, 0.3) is 16.7 Å². The molecular weight excluding hydrogens is 265 g/mol. The molecule has 2 nitrogen and oxygen atoms in total. The van der Waals surface area contributed by atoms with Gasteiger partial charge in [0.25, 0.3) is 0 Å². The molecule has 1 heterocycles. The van der Waals surface area contributed by atoms with Crippen LogP contribution in [0, 0.1) is 0 Å². The zero-order chi connectivity index (χ0) is 15.6. The third-order valence-electron chi connectivity index (χ3n) is 3.28. The number of aromatic nitrogens is 1. The predicted molar refractivity (Wildman–Crippen MR) is 85.7 cm³/mol. The van der Waals surface area contributed by atoms with Crippen LogP contribution in [0.1, 0.15) is 39.1 Å². The minimum absolute atomic E-state index is 0.0294. The smallest absolute Gasteiger partial charge is 0.230 e. The standard InChI is InChI=1S/C18H20FNO/c1-6-8-13(14(19)7-2)17-20-15-11-12(18(3,4)5)9-10-16(15)21-17/h6-11H,1H2,2-5H3/b13-8+,14-7+. The normalized spacial score (nSPS) is 13.8. The second-order valence-corrected chi connectivity index (χ2v) is 5.90. The Kier molecular flexibility index (Phi) is 4.12. The van der Waals surface area contributed by atoms with E-state index in [1.54, 1.807) is 13.0 Å². The minimum Gasteiger partial charge on any atom is -0.436 e. The molecule has 1 aromatic heterocycles. The highest BCUT2D eigenvalue weighted by Gasteiger charge is 2.18. The van der Waals surface area contributed by atoms with Crippen LogP contribution >= 0.6 is 0 Å². The van der Waals surface area contributed by atoms with E-state index in [1.165, 1.54) is 12.2 Å². The van der Waals surface area contributed by atoms with Gasteiger partial charge in [-0.1, -0.05) is 45.6 Å². The summed E-state index contributed by atoms with van der Waals surface area (Å²) < 4.78 is 19.6. The molecule has 3 heteroatoms. The molecule has 0 aliphatic heterocycles. The van der Waals surface area contributed by atoms with Gasteiger partial charge in [-0.05, 0) is 36.1 Å². The summed E-state index contributed by atoms with van der Waals surface area (Å²) in [5.41, 5.74) is 2.88. The summed E-state index contributed by atoms with van der Waals surface area (Å²) in [6.45, 7) is 11.6. The van der Waals surface area contributed by atoms with Gasteiger partial charge in [-0.3, -0.25) is 0 Å². The van der Waals surface area contributed by atoms with Gasteiger partial charge in [0.2, 0.25) is 5.89 Å². The van der Waals surface area contributed by atoms with Crippen molar-refractivity contribution < 1.29 is 8.81 Å². The van der Waals surface area contributed by atoms with Gasteiger partial charge in [0.1, 0.15) is 11.3 Å². The van der Waals surface area contributed by atoms with Crippen LogP contribution in [-0.2, 0) is 5.41 Å². The van der Waals surface area contributed by atoms with Crippen LogP contribution in [0.15, 0.2) is 53.3 Å². The Morgan fingerprint density at radius 3 is 2.62 bits per heavy atom.